The molecule has 1 atom stereocenters. The smallest absolute Gasteiger partial charge is 0.0938 e. The van der Waals surface area contributed by atoms with Crippen LogP contribution in [-0.2, 0) is 6.42 Å². The first-order valence-electron chi connectivity index (χ1n) is 6.47. The van der Waals surface area contributed by atoms with Gasteiger partial charge in [-0.2, -0.15) is 0 Å². The lowest BCUT2D eigenvalue weighted by molar-refractivity contribution is 0.358. The Balaban J connectivity index is 1.64. The van der Waals surface area contributed by atoms with E-state index in [1.54, 1.807) is 0 Å². The van der Waals surface area contributed by atoms with Crippen LogP contribution in [0, 0.1) is 5.92 Å². The van der Waals surface area contributed by atoms with E-state index >= 15 is 0 Å². The zero-order chi connectivity index (χ0) is 11.5. The van der Waals surface area contributed by atoms with E-state index in [1.807, 2.05) is 11.3 Å². The lowest BCUT2D eigenvalue weighted by Gasteiger charge is -2.21. The highest BCUT2D eigenvalue weighted by molar-refractivity contribution is 7.18. The standard InChI is InChI=1S/C14H18N2S/c1-2-6-13-12(5-1)16-14(17-13)8-7-11-4-3-9-15-10-11/h1-2,5-6,11,15H,3-4,7-10H2. The van der Waals surface area contributed by atoms with Gasteiger partial charge in [0.05, 0.1) is 15.2 Å². The van der Waals surface area contributed by atoms with Crippen molar-refractivity contribution in [1.82, 2.24) is 10.3 Å². The van der Waals surface area contributed by atoms with Gasteiger partial charge in [0.2, 0.25) is 0 Å². The highest BCUT2D eigenvalue weighted by Gasteiger charge is 2.13. The van der Waals surface area contributed by atoms with Crippen LogP contribution in [-0.4, -0.2) is 18.1 Å². The molecule has 0 spiro atoms. The molecule has 0 bridgehead atoms. The van der Waals surface area contributed by atoms with Crippen LogP contribution in [0.15, 0.2) is 24.3 Å². The van der Waals surface area contributed by atoms with Crippen LogP contribution in [0.2, 0.25) is 0 Å². The van der Waals surface area contributed by atoms with Gasteiger partial charge in [-0.1, -0.05) is 12.1 Å². The molecule has 17 heavy (non-hydrogen) atoms. The van der Waals surface area contributed by atoms with Gasteiger partial charge in [-0.15, -0.1) is 11.3 Å². The van der Waals surface area contributed by atoms with Crippen molar-refractivity contribution >= 4 is 21.6 Å². The summed E-state index contributed by atoms with van der Waals surface area (Å²) in [6.45, 7) is 2.41. The molecule has 0 aliphatic carbocycles. The topological polar surface area (TPSA) is 24.9 Å². The van der Waals surface area contributed by atoms with Gasteiger partial charge in [0.15, 0.2) is 0 Å². The zero-order valence-corrected chi connectivity index (χ0v) is 10.8. The Labute approximate surface area is 106 Å². The van der Waals surface area contributed by atoms with Crippen LogP contribution in [0.3, 0.4) is 0 Å². The van der Waals surface area contributed by atoms with Gasteiger partial charge < -0.3 is 5.32 Å². The van der Waals surface area contributed by atoms with Gasteiger partial charge in [0, 0.05) is 0 Å². The summed E-state index contributed by atoms with van der Waals surface area (Å²) in [7, 11) is 0. The average molecular weight is 246 g/mol. The maximum atomic E-state index is 4.70. The van der Waals surface area contributed by atoms with E-state index in [9.17, 15) is 0 Å². The fourth-order valence-electron chi connectivity index (χ4n) is 2.52. The number of nitrogens with one attached hydrogen (secondary N) is 1. The molecular weight excluding hydrogens is 228 g/mol. The number of benzene rings is 1. The molecule has 0 radical (unpaired) electrons. The number of thiazole rings is 1. The number of para-hydroxylation sites is 1. The Morgan fingerprint density at radius 3 is 3.12 bits per heavy atom. The maximum Gasteiger partial charge on any atom is 0.0938 e. The lowest BCUT2D eigenvalue weighted by atomic mass is 9.95. The highest BCUT2D eigenvalue weighted by Crippen LogP contribution is 2.24. The van der Waals surface area contributed by atoms with Crippen molar-refractivity contribution in [2.75, 3.05) is 13.1 Å². The summed E-state index contributed by atoms with van der Waals surface area (Å²) in [5, 5.41) is 4.78. The minimum absolute atomic E-state index is 0.857. The van der Waals surface area contributed by atoms with Gasteiger partial charge >= 0.3 is 0 Å². The minimum Gasteiger partial charge on any atom is -0.316 e. The van der Waals surface area contributed by atoms with E-state index in [-0.39, 0.29) is 0 Å². The molecule has 3 heteroatoms. The number of rotatable bonds is 3. The molecule has 1 aliphatic heterocycles. The van der Waals surface area contributed by atoms with E-state index in [2.05, 4.69) is 29.6 Å². The van der Waals surface area contributed by atoms with Crippen molar-refractivity contribution < 1.29 is 0 Å². The predicted octanol–water partition coefficient (Wildman–Crippen LogP) is 3.23. The third-order valence-electron chi connectivity index (χ3n) is 3.50. The predicted molar refractivity (Wildman–Crippen MR) is 73.5 cm³/mol. The molecule has 1 saturated heterocycles. The molecule has 1 aromatic carbocycles. The first-order chi connectivity index (χ1) is 8.42. The summed E-state index contributed by atoms with van der Waals surface area (Å²) >= 11 is 1.85. The molecule has 2 heterocycles. The van der Waals surface area contributed by atoms with E-state index in [0.29, 0.717) is 0 Å². The summed E-state index contributed by atoms with van der Waals surface area (Å²) in [5.74, 6) is 0.857. The van der Waals surface area contributed by atoms with Crippen molar-refractivity contribution in [1.29, 1.82) is 0 Å². The number of aromatic nitrogens is 1. The SMILES string of the molecule is c1ccc2sc(CCC3CCCNC3)nc2c1. The molecular formula is C14H18N2S. The molecule has 0 saturated carbocycles. The van der Waals surface area contributed by atoms with Gasteiger partial charge in [-0.25, -0.2) is 4.98 Å². The molecule has 2 nitrogen and oxygen atoms in total. The quantitative estimate of drug-likeness (QED) is 0.899. The summed E-state index contributed by atoms with van der Waals surface area (Å²) in [4.78, 5) is 4.70. The van der Waals surface area contributed by atoms with Crippen LogP contribution in [0.1, 0.15) is 24.3 Å². The molecule has 1 aromatic heterocycles. The third kappa shape index (κ3) is 2.67. The second-order valence-corrected chi connectivity index (χ2v) is 5.94. The first-order valence-corrected chi connectivity index (χ1v) is 7.28. The number of fused-ring (bicyclic) bond motifs is 1. The second-order valence-electron chi connectivity index (χ2n) is 4.83. The van der Waals surface area contributed by atoms with Crippen LogP contribution in [0.5, 0.6) is 0 Å². The van der Waals surface area contributed by atoms with Crippen LogP contribution in [0.25, 0.3) is 10.2 Å². The van der Waals surface area contributed by atoms with Gasteiger partial charge in [-0.05, 0) is 56.8 Å². The molecule has 0 amide bonds. The van der Waals surface area contributed by atoms with Crippen LogP contribution < -0.4 is 5.32 Å². The summed E-state index contributed by atoms with van der Waals surface area (Å²) < 4.78 is 1.32. The second kappa shape index (κ2) is 5.15. The Kier molecular flexibility index (Phi) is 3.39. The third-order valence-corrected chi connectivity index (χ3v) is 4.60. The maximum absolute atomic E-state index is 4.70. The van der Waals surface area contributed by atoms with E-state index in [1.165, 1.54) is 42.1 Å². The number of hydrogen-bond donors (Lipinski definition) is 1. The number of hydrogen-bond acceptors (Lipinski definition) is 3. The fourth-order valence-corrected chi connectivity index (χ4v) is 3.51. The van der Waals surface area contributed by atoms with Gasteiger partial charge in [-0.3, -0.25) is 0 Å². The number of aryl methyl sites for hydroxylation is 1. The first kappa shape index (κ1) is 11.2. The van der Waals surface area contributed by atoms with E-state index in [4.69, 9.17) is 4.98 Å². The summed E-state index contributed by atoms with van der Waals surface area (Å²) in [6.07, 6.45) is 5.15. The van der Waals surface area contributed by atoms with Crippen LogP contribution >= 0.6 is 11.3 Å². The highest BCUT2D eigenvalue weighted by atomic mass is 32.1. The van der Waals surface area contributed by atoms with Gasteiger partial charge in [0.1, 0.15) is 0 Å². The van der Waals surface area contributed by atoms with E-state index in [0.717, 1.165) is 17.9 Å². The average Bonchev–Trinajstić information content (AvgIpc) is 2.80. The molecule has 90 valence electrons. The number of nitrogens with zero attached hydrogens (tertiary/aromatic N) is 1. The Bertz CT molecular complexity index is 453. The fraction of sp³-hybridized carbons (Fsp3) is 0.500. The van der Waals surface area contributed by atoms with Crippen molar-refractivity contribution in [2.45, 2.75) is 25.7 Å². The molecule has 1 unspecified atom stereocenters. The molecule has 1 N–H and O–H groups in total. The van der Waals surface area contributed by atoms with Crippen LogP contribution in [0.4, 0.5) is 0 Å². The van der Waals surface area contributed by atoms with Gasteiger partial charge in [0.25, 0.3) is 0 Å². The van der Waals surface area contributed by atoms with Crippen molar-refractivity contribution in [3.63, 3.8) is 0 Å². The number of piperidine rings is 1. The monoisotopic (exact) mass is 246 g/mol. The minimum atomic E-state index is 0.857. The molecule has 3 rings (SSSR count). The molecule has 1 fully saturated rings. The summed E-state index contributed by atoms with van der Waals surface area (Å²) in [5.41, 5.74) is 1.16. The van der Waals surface area contributed by atoms with E-state index < -0.39 is 0 Å². The van der Waals surface area contributed by atoms with Crippen molar-refractivity contribution in [2.24, 2.45) is 5.92 Å². The summed E-state index contributed by atoms with van der Waals surface area (Å²) in [6, 6.07) is 8.43. The molecule has 2 aromatic rings. The van der Waals surface area contributed by atoms with Crippen molar-refractivity contribution in [3.8, 4) is 0 Å². The largest absolute Gasteiger partial charge is 0.316 e. The molecule has 1 aliphatic rings. The van der Waals surface area contributed by atoms with Crippen molar-refractivity contribution in [3.05, 3.63) is 29.3 Å². The Morgan fingerprint density at radius 1 is 1.35 bits per heavy atom. The normalized spacial score (nSPS) is 20.8. The lowest BCUT2D eigenvalue weighted by Crippen LogP contribution is -2.29. The zero-order valence-electron chi connectivity index (χ0n) is 9.98. The Hall–Kier alpha value is -0.930. The Morgan fingerprint density at radius 2 is 2.29 bits per heavy atom.